The fourth-order valence-corrected chi connectivity index (χ4v) is 3.00. The van der Waals surface area contributed by atoms with Gasteiger partial charge in [-0.05, 0) is 12.1 Å². The van der Waals surface area contributed by atoms with Crippen LogP contribution < -0.4 is 10.6 Å². The molecule has 0 aliphatic carbocycles. The number of benzene rings is 1. The lowest BCUT2D eigenvalue weighted by Crippen LogP contribution is -2.41. The number of rotatable bonds is 6. The molecule has 1 aliphatic heterocycles. The zero-order chi connectivity index (χ0) is 17.5. The normalized spacial score (nSPS) is 14.9. The van der Waals surface area contributed by atoms with Crippen LogP contribution in [-0.4, -0.2) is 66.3 Å². The van der Waals surface area contributed by atoms with Crippen LogP contribution in [0.3, 0.4) is 0 Å². The molecule has 0 spiro atoms. The molecule has 3 rings (SSSR count). The third-order valence-electron chi connectivity index (χ3n) is 3.66. The highest BCUT2D eigenvalue weighted by molar-refractivity contribution is 7.15. The highest BCUT2D eigenvalue weighted by atomic mass is 32.1. The number of ether oxygens (including phenoxy) is 1. The van der Waals surface area contributed by atoms with Crippen molar-refractivity contribution in [3.8, 4) is 0 Å². The lowest BCUT2D eigenvalue weighted by molar-refractivity contribution is 0.0383. The average molecular weight is 361 g/mol. The molecule has 1 aromatic heterocycles. The number of carbonyl (C=O) groups is 2. The van der Waals surface area contributed by atoms with Crippen molar-refractivity contribution in [3.05, 3.63) is 40.3 Å². The second-order valence-corrected chi connectivity index (χ2v) is 6.42. The van der Waals surface area contributed by atoms with Crippen molar-refractivity contribution >= 4 is 28.8 Å². The third-order valence-corrected chi connectivity index (χ3v) is 4.58. The number of carbonyl (C=O) groups excluding carboxylic acids is 2. The summed E-state index contributed by atoms with van der Waals surface area (Å²) in [6.07, 6.45) is 0. The zero-order valence-corrected chi connectivity index (χ0v) is 14.4. The number of nitrogens with one attached hydrogen (secondary N) is 2. The van der Waals surface area contributed by atoms with Gasteiger partial charge in [-0.3, -0.25) is 14.5 Å². The van der Waals surface area contributed by atoms with Crippen LogP contribution in [0.1, 0.15) is 19.6 Å². The van der Waals surface area contributed by atoms with E-state index in [0.717, 1.165) is 44.2 Å². The molecule has 1 saturated heterocycles. The van der Waals surface area contributed by atoms with Gasteiger partial charge in [-0.25, -0.2) is 0 Å². The maximum Gasteiger partial charge on any atom is 0.286 e. The van der Waals surface area contributed by atoms with E-state index in [1.165, 1.54) is 0 Å². The molecule has 0 radical (unpaired) electrons. The number of hydrogen-bond donors (Lipinski definition) is 2. The van der Waals surface area contributed by atoms with Gasteiger partial charge in [0.2, 0.25) is 10.0 Å². The van der Waals surface area contributed by atoms with Gasteiger partial charge in [0.05, 0.1) is 13.2 Å². The largest absolute Gasteiger partial charge is 0.379 e. The Kier molecular flexibility index (Phi) is 6.04. The molecule has 0 saturated carbocycles. The van der Waals surface area contributed by atoms with Crippen LogP contribution in [-0.2, 0) is 4.74 Å². The quantitative estimate of drug-likeness (QED) is 0.792. The van der Waals surface area contributed by atoms with E-state index in [0.29, 0.717) is 12.2 Å². The van der Waals surface area contributed by atoms with Crippen molar-refractivity contribution in [2.45, 2.75) is 0 Å². The monoisotopic (exact) mass is 361 g/mol. The minimum atomic E-state index is -0.379. The predicted octanol–water partition coefficient (Wildman–Crippen LogP) is 0.852. The second kappa shape index (κ2) is 8.65. The molecule has 2 N–H and O–H groups in total. The zero-order valence-electron chi connectivity index (χ0n) is 13.6. The molecule has 8 nitrogen and oxygen atoms in total. The number of nitrogens with zero attached hydrogens (tertiary/aromatic N) is 3. The highest BCUT2D eigenvalue weighted by Crippen LogP contribution is 2.13. The summed E-state index contributed by atoms with van der Waals surface area (Å²) in [5.74, 6) is -0.694. The summed E-state index contributed by atoms with van der Waals surface area (Å²) in [5, 5.41) is 13.5. The number of aromatic nitrogens is 2. The van der Waals surface area contributed by atoms with Gasteiger partial charge < -0.3 is 15.4 Å². The number of morpholine rings is 1. The van der Waals surface area contributed by atoms with Gasteiger partial charge in [-0.15, -0.1) is 10.2 Å². The van der Waals surface area contributed by atoms with Gasteiger partial charge in [-0.1, -0.05) is 29.5 Å². The minimum absolute atomic E-state index is 0.155. The van der Waals surface area contributed by atoms with Crippen LogP contribution >= 0.6 is 11.3 Å². The lowest BCUT2D eigenvalue weighted by atomic mass is 10.3. The molecule has 2 heterocycles. The van der Waals surface area contributed by atoms with Crippen molar-refractivity contribution in [2.24, 2.45) is 0 Å². The fraction of sp³-hybridized carbons (Fsp3) is 0.375. The van der Waals surface area contributed by atoms with Crippen molar-refractivity contribution in [1.82, 2.24) is 20.4 Å². The van der Waals surface area contributed by atoms with Gasteiger partial charge >= 0.3 is 0 Å². The van der Waals surface area contributed by atoms with Gasteiger partial charge in [0.25, 0.3) is 11.8 Å². The Morgan fingerprint density at radius 3 is 2.48 bits per heavy atom. The highest BCUT2D eigenvalue weighted by Gasteiger charge is 2.18. The molecular weight excluding hydrogens is 342 g/mol. The Morgan fingerprint density at radius 2 is 1.76 bits per heavy atom. The number of hydrogen-bond acceptors (Lipinski definition) is 7. The topological polar surface area (TPSA) is 96.5 Å². The smallest absolute Gasteiger partial charge is 0.286 e. The second-order valence-electron chi connectivity index (χ2n) is 5.44. The van der Waals surface area contributed by atoms with Crippen LogP contribution in [0, 0.1) is 0 Å². The molecule has 1 aromatic carbocycles. The van der Waals surface area contributed by atoms with Gasteiger partial charge in [0.1, 0.15) is 0 Å². The van der Waals surface area contributed by atoms with Crippen molar-refractivity contribution in [3.63, 3.8) is 0 Å². The Labute approximate surface area is 149 Å². The Hall–Kier alpha value is -2.36. The predicted molar refractivity (Wildman–Crippen MR) is 93.9 cm³/mol. The summed E-state index contributed by atoms with van der Waals surface area (Å²) in [7, 11) is 0. The van der Waals surface area contributed by atoms with E-state index in [-0.39, 0.29) is 21.8 Å². The van der Waals surface area contributed by atoms with Gasteiger partial charge in [-0.2, -0.15) is 0 Å². The molecule has 0 unspecified atom stereocenters. The summed E-state index contributed by atoms with van der Waals surface area (Å²) < 4.78 is 5.28. The molecule has 0 atom stereocenters. The summed E-state index contributed by atoms with van der Waals surface area (Å²) >= 11 is 0.974. The van der Waals surface area contributed by atoms with Gasteiger partial charge in [0, 0.05) is 31.9 Å². The average Bonchev–Trinajstić information content (AvgIpc) is 3.14. The van der Waals surface area contributed by atoms with Crippen LogP contribution in [0.15, 0.2) is 30.3 Å². The summed E-state index contributed by atoms with van der Waals surface area (Å²) in [5.41, 5.74) is 0.666. The van der Waals surface area contributed by atoms with E-state index in [2.05, 4.69) is 25.7 Å². The summed E-state index contributed by atoms with van der Waals surface area (Å²) in [4.78, 5) is 26.4. The molecule has 132 valence electrons. The molecule has 25 heavy (non-hydrogen) atoms. The van der Waals surface area contributed by atoms with E-state index in [4.69, 9.17) is 4.74 Å². The summed E-state index contributed by atoms with van der Waals surface area (Å²) in [6, 6.07) is 9.06. The molecule has 2 amide bonds. The first-order valence-corrected chi connectivity index (χ1v) is 8.82. The Morgan fingerprint density at radius 1 is 1.08 bits per heavy atom. The maximum atomic E-state index is 12.1. The molecule has 1 fully saturated rings. The standard InChI is InChI=1S/C16H19N5O3S/c22-13(17-6-7-21-8-10-24-11-9-21)15-19-20-16(25-15)14(23)18-12-4-2-1-3-5-12/h1-5H,6-11H2,(H,17,22)(H,18,23). The van der Waals surface area contributed by atoms with Crippen molar-refractivity contribution in [1.29, 1.82) is 0 Å². The fourth-order valence-electron chi connectivity index (χ4n) is 2.34. The first-order chi connectivity index (χ1) is 12.2. The van der Waals surface area contributed by atoms with E-state index in [1.807, 2.05) is 18.2 Å². The van der Waals surface area contributed by atoms with Crippen LogP contribution in [0.5, 0.6) is 0 Å². The number of anilines is 1. The SMILES string of the molecule is O=C(NCCN1CCOCC1)c1nnc(C(=O)Nc2ccccc2)s1. The van der Waals surface area contributed by atoms with Gasteiger partial charge in [0.15, 0.2) is 0 Å². The van der Waals surface area contributed by atoms with E-state index >= 15 is 0 Å². The first kappa shape index (κ1) is 17.5. The molecule has 2 aromatic rings. The Balaban J connectivity index is 1.48. The van der Waals surface area contributed by atoms with Crippen LogP contribution in [0.25, 0.3) is 0 Å². The van der Waals surface area contributed by atoms with Crippen LogP contribution in [0.4, 0.5) is 5.69 Å². The van der Waals surface area contributed by atoms with Crippen LogP contribution in [0.2, 0.25) is 0 Å². The maximum absolute atomic E-state index is 12.1. The Bertz CT molecular complexity index is 716. The molecule has 1 aliphatic rings. The molecule has 0 bridgehead atoms. The van der Waals surface area contributed by atoms with Crippen molar-refractivity contribution < 1.29 is 14.3 Å². The first-order valence-electron chi connectivity index (χ1n) is 8.00. The van der Waals surface area contributed by atoms with E-state index < -0.39 is 0 Å². The van der Waals surface area contributed by atoms with Crippen molar-refractivity contribution in [2.75, 3.05) is 44.7 Å². The minimum Gasteiger partial charge on any atom is -0.379 e. The molecular formula is C16H19N5O3S. The summed E-state index contributed by atoms with van der Waals surface area (Å²) in [6.45, 7) is 4.48. The van der Waals surface area contributed by atoms with E-state index in [1.54, 1.807) is 12.1 Å². The van der Waals surface area contributed by atoms with E-state index in [9.17, 15) is 9.59 Å². The molecule has 9 heteroatoms. The number of para-hydroxylation sites is 1. The third kappa shape index (κ3) is 5.05. The lowest BCUT2D eigenvalue weighted by Gasteiger charge is -2.26. The number of amides is 2.